The number of aromatic nitrogens is 3. The number of benzene rings is 7. The first-order valence-corrected chi connectivity index (χ1v) is 18.3. The Labute approximate surface area is 292 Å². The Hall–Kier alpha value is -6.08. The van der Waals surface area contributed by atoms with Crippen molar-refractivity contribution in [1.82, 2.24) is 14.5 Å². The molecule has 0 unspecified atom stereocenters. The van der Waals surface area contributed by atoms with Gasteiger partial charge in [0.1, 0.15) is 16.8 Å². The fraction of sp³-hybridized carbons (Fsp3) is 0. The molecule has 0 aliphatic rings. The van der Waals surface area contributed by atoms with Gasteiger partial charge < -0.3 is 4.42 Å². The van der Waals surface area contributed by atoms with Gasteiger partial charge in [-0.15, -0.1) is 22.7 Å². The number of nitrogens with zero attached hydrogens (tertiary/aromatic N) is 3. The highest BCUT2D eigenvalue weighted by molar-refractivity contribution is 7.27. The quantitative estimate of drug-likeness (QED) is 0.183. The zero-order valence-corrected chi connectivity index (χ0v) is 28.0. The minimum Gasteiger partial charge on any atom is -0.452 e. The van der Waals surface area contributed by atoms with E-state index in [-0.39, 0.29) is 0 Å². The standard InChI is InChI=1S/C44H23N3OS2/c1-2-14-27-25(13-1)40-36(37-30-17-6-10-23-35(30)50-43(27)37)28-15-3-7-20-32(28)47(40)44-45-38-29-16-4-8-21-33(29)48-41(38)39(46-44)31-19-11-18-26-24-12-5-9-22-34(24)49-42(26)31/h1-23H. The van der Waals surface area contributed by atoms with Crippen molar-refractivity contribution in [2.45, 2.75) is 0 Å². The molecule has 0 fully saturated rings. The van der Waals surface area contributed by atoms with Crippen molar-refractivity contribution in [3.63, 3.8) is 0 Å². The number of hydrogen-bond donors (Lipinski definition) is 0. The third-order valence-corrected chi connectivity index (χ3v) is 12.6. The van der Waals surface area contributed by atoms with Crippen molar-refractivity contribution in [2.24, 2.45) is 0 Å². The molecule has 0 radical (unpaired) electrons. The number of para-hydroxylation sites is 2. The normalized spacial score (nSPS) is 12.4. The van der Waals surface area contributed by atoms with Crippen LogP contribution in [0.2, 0.25) is 0 Å². The molecule has 5 aromatic heterocycles. The van der Waals surface area contributed by atoms with E-state index in [1.54, 1.807) is 11.3 Å². The van der Waals surface area contributed by atoms with E-state index in [1.165, 1.54) is 61.9 Å². The maximum absolute atomic E-state index is 6.65. The van der Waals surface area contributed by atoms with Crippen LogP contribution in [0.1, 0.15) is 0 Å². The molecule has 0 saturated heterocycles. The smallest absolute Gasteiger partial charge is 0.236 e. The molecular formula is C44H23N3OS2. The third-order valence-electron chi connectivity index (χ3n) is 10.2. The maximum atomic E-state index is 6.65. The monoisotopic (exact) mass is 673 g/mol. The molecule has 12 rings (SSSR count). The first-order valence-electron chi connectivity index (χ1n) is 16.7. The number of fused-ring (bicyclic) bond motifs is 16. The molecule has 5 heterocycles. The van der Waals surface area contributed by atoms with Gasteiger partial charge in [0.2, 0.25) is 5.95 Å². The first-order chi connectivity index (χ1) is 24.8. The average molecular weight is 674 g/mol. The van der Waals surface area contributed by atoms with E-state index in [1.807, 2.05) is 23.5 Å². The molecule has 0 N–H and O–H groups in total. The molecule has 232 valence electrons. The van der Waals surface area contributed by atoms with Gasteiger partial charge in [-0.25, -0.2) is 9.97 Å². The van der Waals surface area contributed by atoms with Crippen LogP contribution in [0, 0.1) is 0 Å². The Kier molecular flexibility index (Phi) is 5.23. The van der Waals surface area contributed by atoms with Crippen molar-refractivity contribution in [1.29, 1.82) is 0 Å². The highest BCUT2D eigenvalue weighted by Crippen LogP contribution is 2.48. The molecule has 0 aliphatic heterocycles. The summed E-state index contributed by atoms with van der Waals surface area (Å²) in [6.45, 7) is 0. The van der Waals surface area contributed by atoms with E-state index in [4.69, 9.17) is 14.4 Å². The van der Waals surface area contributed by atoms with Gasteiger partial charge in [-0.05, 0) is 30.3 Å². The van der Waals surface area contributed by atoms with E-state index in [2.05, 4.69) is 132 Å². The summed E-state index contributed by atoms with van der Waals surface area (Å²) in [5.74, 6) is 0.632. The Morgan fingerprint density at radius 3 is 1.96 bits per heavy atom. The van der Waals surface area contributed by atoms with Crippen LogP contribution in [0.3, 0.4) is 0 Å². The lowest BCUT2D eigenvalue weighted by Gasteiger charge is -2.12. The van der Waals surface area contributed by atoms with Gasteiger partial charge in [0, 0.05) is 72.8 Å². The van der Waals surface area contributed by atoms with Crippen LogP contribution in [-0.2, 0) is 0 Å². The van der Waals surface area contributed by atoms with E-state index in [0.29, 0.717) is 11.5 Å². The SMILES string of the molecule is c1ccc2c(c1)oc1c(-c3cccc4c3sc3ccccc34)nc(-n3c4ccccc4c4c5c6ccccc6sc5c5ccccc5c43)nc12. The second-order valence-electron chi connectivity index (χ2n) is 12.9. The van der Waals surface area contributed by atoms with E-state index >= 15 is 0 Å². The Balaban J connectivity index is 1.30. The Morgan fingerprint density at radius 2 is 1.10 bits per heavy atom. The maximum Gasteiger partial charge on any atom is 0.236 e. The molecule has 0 bridgehead atoms. The van der Waals surface area contributed by atoms with E-state index < -0.39 is 0 Å². The molecule has 6 heteroatoms. The van der Waals surface area contributed by atoms with Gasteiger partial charge in [0.25, 0.3) is 0 Å². The summed E-state index contributed by atoms with van der Waals surface area (Å²) in [7, 11) is 0. The van der Waals surface area contributed by atoms with Gasteiger partial charge in [0.05, 0.1) is 11.0 Å². The van der Waals surface area contributed by atoms with Gasteiger partial charge >= 0.3 is 0 Å². The Bertz CT molecular complexity index is 3400. The van der Waals surface area contributed by atoms with Gasteiger partial charge in [-0.1, -0.05) is 109 Å². The molecule has 50 heavy (non-hydrogen) atoms. The van der Waals surface area contributed by atoms with Crippen molar-refractivity contribution in [3.8, 4) is 17.2 Å². The molecule has 0 aliphatic carbocycles. The lowest BCUT2D eigenvalue weighted by atomic mass is 10.00. The van der Waals surface area contributed by atoms with Gasteiger partial charge in [0.15, 0.2) is 5.58 Å². The predicted octanol–water partition coefficient (Wildman–Crippen LogP) is 13.0. The van der Waals surface area contributed by atoms with Gasteiger partial charge in [-0.2, -0.15) is 0 Å². The van der Waals surface area contributed by atoms with Crippen molar-refractivity contribution in [2.75, 3.05) is 0 Å². The summed E-state index contributed by atoms with van der Waals surface area (Å²) < 4.78 is 14.0. The first kappa shape index (κ1) is 26.8. The molecule has 7 aromatic carbocycles. The molecular weight excluding hydrogens is 651 g/mol. The van der Waals surface area contributed by atoms with Crippen LogP contribution in [-0.4, -0.2) is 14.5 Å². The number of hydrogen-bond acceptors (Lipinski definition) is 5. The minimum atomic E-state index is 0.632. The van der Waals surface area contributed by atoms with Crippen LogP contribution in [0.4, 0.5) is 0 Å². The summed E-state index contributed by atoms with van der Waals surface area (Å²) >= 11 is 3.68. The zero-order chi connectivity index (χ0) is 32.5. The molecule has 0 atom stereocenters. The molecule has 12 aromatic rings. The van der Waals surface area contributed by atoms with Crippen molar-refractivity contribution >= 4 is 118 Å². The van der Waals surface area contributed by atoms with Crippen LogP contribution < -0.4 is 0 Å². The van der Waals surface area contributed by atoms with Crippen LogP contribution in [0.25, 0.3) is 112 Å². The van der Waals surface area contributed by atoms with Crippen LogP contribution in [0.5, 0.6) is 0 Å². The number of furan rings is 1. The number of thiophene rings is 2. The summed E-state index contributed by atoms with van der Waals surface area (Å²) in [5.41, 5.74) is 6.37. The van der Waals surface area contributed by atoms with E-state index in [0.717, 1.165) is 38.8 Å². The molecule has 4 nitrogen and oxygen atoms in total. The van der Waals surface area contributed by atoms with Crippen LogP contribution >= 0.6 is 22.7 Å². The fourth-order valence-corrected chi connectivity index (χ4v) is 10.6. The average Bonchev–Trinajstić information content (AvgIpc) is 3.93. The molecule has 0 spiro atoms. The minimum absolute atomic E-state index is 0.632. The number of rotatable bonds is 2. The molecule has 0 amide bonds. The lowest BCUT2D eigenvalue weighted by molar-refractivity contribution is 0.666. The second-order valence-corrected chi connectivity index (χ2v) is 15.0. The lowest BCUT2D eigenvalue weighted by Crippen LogP contribution is -2.03. The summed E-state index contributed by atoms with van der Waals surface area (Å²) in [6, 6.07) is 49.7. The van der Waals surface area contributed by atoms with Gasteiger partial charge in [-0.3, -0.25) is 4.57 Å². The predicted molar refractivity (Wildman–Crippen MR) is 212 cm³/mol. The van der Waals surface area contributed by atoms with Crippen molar-refractivity contribution in [3.05, 3.63) is 140 Å². The largest absolute Gasteiger partial charge is 0.452 e. The zero-order valence-electron chi connectivity index (χ0n) is 26.3. The summed E-state index contributed by atoms with van der Waals surface area (Å²) in [4.78, 5) is 10.9. The topological polar surface area (TPSA) is 43.9 Å². The second kappa shape index (κ2) is 9.76. The highest BCUT2D eigenvalue weighted by atomic mass is 32.1. The fourth-order valence-electron chi connectivity index (χ4n) is 8.12. The molecule has 0 saturated carbocycles. The Morgan fingerprint density at radius 1 is 0.480 bits per heavy atom. The summed E-state index contributed by atoms with van der Waals surface area (Å²) in [6.07, 6.45) is 0. The van der Waals surface area contributed by atoms with Crippen molar-refractivity contribution < 1.29 is 4.42 Å². The third kappa shape index (κ3) is 3.44. The highest BCUT2D eigenvalue weighted by Gasteiger charge is 2.25. The van der Waals surface area contributed by atoms with E-state index in [9.17, 15) is 0 Å². The van der Waals surface area contributed by atoms with Crippen LogP contribution in [0.15, 0.2) is 144 Å². The summed E-state index contributed by atoms with van der Waals surface area (Å²) in [5, 5.41) is 10.9.